The Balaban J connectivity index is 1.82. The van der Waals surface area contributed by atoms with E-state index in [0.29, 0.717) is 12.1 Å². The van der Waals surface area contributed by atoms with Gasteiger partial charge in [-0.05, 0) is 45.3 Å². The molecule has 2 bridgehead atoms. The van der Waals surface area contributed by atoms with Gasteiger partial charge >= 0.3 is 0 Å². The monoisotopic (exact) mass is 291 g/mol. The summed E-state index contributed by atoms with van der Waals surface area (Å²) in [6, 6.07) is 6.60. The molecule has 3 aliphatic heterocycles. The number of piperazine rings is 1. The lowest BCUT2D eigenvalue weighted by Gasteiger charge is -2.56. The molecule has 0 aliphatic carbocycles. The maximum Gasteiger partial charge on any atom is 0.245 e. The van der Waals surface area contributed by atoms with E-state index in [2.05, 4.69) is 11.9 Å². The molecule has 3 saturated heterocycles. The van der Waals surface area contributed by atoms with Crippen LogP contribution in [0.1, 0.15) is 18.0 Å². The van der Waals surface area contributed by atoms with Gasteiger partial charge in [-0.1, -0.05) is 12.1 Å². The third-order valence-corrected chi connectivity index (χ3v) is 4.57. The first-order valence-corrected chi connectivity index (χ1v) is 7.40. The number of fused-ring (bicyclic) bond motifs is 2. The smallest absolute Gasteiger partial charge is 0.245 e. The molecule has 5 heteroatoms. The Morgan fingerprint density at radius 2 is 1.81 bits per heavy atom. The van der Waals surface area contributed by atoms with E-state index in [1.807, 2.05) is 23.9 Å². The first-order valence-electron chi connectivity index (χ1n) is 7.40. The second-order valence-electron chi connectivity index (χ2n) is 6.43. The number of hydrogen-bond acceptors (Lipinski definition) is 3. The minimum atomic E-state index is -0.334. The van der Waals surface area contributed by atoms with Gasteiger partial charge in [-0.3, -0.25) is 9.69 Å². The van der Waals surface area contributed by atoms with Gasteiger partial charge in [0, 0.05) is 25.2 Å². The highest BCUT2D eigenvalue weighted by atomic mass is 19.1. The fourth-order valence-corrected chi connectivity index (χ4v) is 3.63. The lowest BCUT2D eigenvalue weighted by molar-refractivity contribution is -0.158. The van der Waals surface area contributed by atoms with Crippen LogP contribution in [0.3, 0.4) is 0 Å². The zero-order chi connectivity index (χ0) is 15.1. The van der Waals surface area contributed by atoms with Crippen LogP contribution in [-0.2, 0) is 4.79 Å². The van der Waals surface area contributed by atoms with E-state index in [9.17, 15) is 9.18 Å². The molecule has 114 valence electrons. The molecular weight excluding hydrogens is 269 g/mol. The van der Waals surface area contributed by atoms with E-state index in [0.717, 1.165) is 25.1 Å². The van der Waals surface area contributed by atoms with Crippen molar-refractivity contribution in [3.63, 3.8) is 0 Å². The topological polar surface area (TPSA) is 26.8 Å². The van der Waals surface area contributed by atoms with Crippen molar-refractivity contribution < 1.29 is 9.18 Å². The summed E-state index contributed by atoms with van der Waals surface area (Å²) in [7, 11) is 5.89. The minimum Gasteiger partial charge on any atom is -0.332 e. The van der Waals surface area contributed by atoms with Gasteiger partial charge in [0.15, 0.2) is 0 Å². The molecule has 1 aromatic rings. The highest BCUT2D eigenvalue weighted by molar-refractivity contribution is 5.84. The number of carbonyl (C=O) groups excluding carboxylic acids is 1. The van der Waals surface area contributed by atoms with Crippen LogP contribution in [0, 0.1) is 5.82 Å². The second kappa shape index (κ2) is 5.39. The molecule has 3 aliphatic rings. The Morgan fingerprint density at radius 3 is 2.33 bits per heavy atom. The number of likely N-dealkylation sites (N-methyl/N-ethyl adjacent to an activating group) is 2. The second-order valence-corrected chi connectivity index (χ2v) is 6.43. The largest absolute Gasteiger partial charge is 0.332 e. The molecule has 4 rings (SSSR count). The molecule has 1 amide bonds. The van der Waals surface area contributed by atoms with Crippen molar-refractivity contribution in [2.24, 2.45) is 0 Å². The van der Waals surface area contributed by atoms with Crippen LogP contribution in [0.2, 0.25) is 0 Å². The van der Waals surface area contributed by atoms with E-state index >= 15 is 0 Å². The number of halogens is 1. The molecule has 21 heavy (non-hydrogen) atoms. The van der Waals surface area contributed by atoms with Crippen LogP contribution in [0.15, 0.2) is 24.3 Å². The summed E-state index contributed by atoms with van der Waals surface area (Å²) in [4.78, 5) is 19.2. The maximum atomic E-state index is 13.1. The van der Waals surface area contributed by atoms with Gasteiger partial charge in [0.1, 0.15) is 11.9 Å². The minimum absolute atomic E-state index is 0.140. The van der Waals surface area contributed by atoms with Crippen LogP contribution in [0.5, 0.6) is 0 Å². The molecule has 3 heterocycles. The third-order valence-electron chi connectivity index (χ3n) is 4.57. The van der Waals surface area contributed by atoms with Gasteiger partial charge in [-0.15, -0.1) is 0 Å². The first-order chi connectivity index (χ1) is 9.97. The fraction of sp³-hybridized carbons (Fsp3) is 0.562. The number of piperidine rings is 1. The molecule has 3 unspecified atom stereocenters. The van der Waals surface area contributed by atoms with Gasteiger partial charge in [0.25, 0.3) is 0 Å². The van der Waals surface area contributed by atoms with Crippen molar-refractivity contribution in [3.05, 3.63) is 35.6 Å². The van der Waals surface area contributed by atoms with Crippen molar-refractivity contribution >= 4 is 5.91 Å². The Labute approximate surface area is 125 Å². The summed E-state index contributed by atoms with van der Waals surface area (Å²) in [6.45, 7) is 1.90. The van der Waals surface area contributed by atoms with Crippen LogP contribution >= 0.6 is 0 Å². The number of benzene rings is 1. The van der Waals surface area contributed by atoms with Gasteiger partial charge in [-0.2, -0.15) is 0 Å². The zero-order valence-corrected chi connectivity index (χ0v) is 12.8. The average Bonchev–Trinajstić information content (AvgIpc) is 2.40. The summed E-state index contributed by atoms with van der Waals surface area (Å²) in [6.07, 6.45) is 1.11. The molecule has 0 spiro atoms. The number of hydrogen-bond donors (Lipinski definition) is 0. The SMILES string of the molecule is CN1CC2CC(C1)N2C(=O)C(c1ccc(F)cc1)N(C)C. The predicted molar refractivity (Wildman–Crippen MR) is 79.4 cm³/mol. The van der Waals surface area contributed by atoms with Crippen molar-refractivity contribution in [1.82, 2.24) is 14.7 Å². The number of amides is 1. The van der Waals surface area contributed by atoms with Crippen molar-refractivity contribution in [3.8, 4) is 0 Å². The lowest BCUT2D eigenvalue weighted by Crippen LogP contribution is -2.70. The number of carbonyl (C=O) groups is 1. The van der Waals surface area contributed by atoms with E-state index < -0.39 is 0 Å². The Morgan fingerprint density at radius 1 is 1.24 bits per heavy atom. The van der Waals surface area contributed by atoms with Gasteiger partial charge in [0.2, 0.25) is 5.91 Å². The Hall–Kier alpha value is -1.46. The fourth-order valence-electron chi connectivity index (χ4n) is 3.63. The van der Waals surface area contributed by atoms with Crippen molar-refractivity contribution in [2.75, 3.05) is 34.2 Å². The molecule has 3 fully saturated rings. The maximum absolute atomic E-state index is 13.1. The highest BCUT2D eigenvalue weighted by Crippen LogP contribution is 2.35. The van der Waals surface area contributed by atoms with Crippen molar-refractivity contribution in [1.29, 1.82) is 0 Å². The summed E-state index contributed by atoms with van der Waals surface area (Å²) in [5.74, 6) is -0.132. The predicted octanol–water partition coefficient (Wildman–Crippen LogP) is 1.34. The molecule has 0 N–H and O–H groups in total. The van der Waals surface area contributed by atoms with Crippen LogP contribution < -0.4 is 0 Å². The van der Waals surface area contributed by atoms with E-state index in [1.165, 1.54) is 12.1 Å². The average molecular weight is 291 g/mol. The standard InChI is InChI=1S/C16H22FN3O/c1-18(2)15(11-4-6-12(17)7-5-11)16(21)20-13-8-14(20)10-19(3)9-13/h4-7,13-15H,8-10H2,1-3H3. The molecule has 0 aromatic heterocycles. The van der Waals surface area contributed by atoms with Gasteiger partial charge in [-0.25, -0.2) is 4.39 Å². The highest BCUT2D eigenvalue weighted by Gasteiger charge is 2.48. The summed E-state index contributed by atoms with van der Waals surface area (Å²) in [5.41, 5.74) is 0.852. The van der Waals surface area contributed by atoms with Gasteiger partial charge < -0.3 is 9.80 Å². The normalized spacial score (nSPS) is 26.6. The number of nitrogens with zero attached hydrogens (tertiary/aromatic N) is 3. The van der Waals surface area contributed by atoms with E-state index in [-0.39, 0.29) is 17.8 Å². The Kier molecular flexibility index (Phi) is 3.71. The lowest BCUT2D eigenvalue weighted by atomic mass is 9.86. The zero-order valence-electron chi connectivity index (χ0n) is 12.8. The van der Waals surface area contributed by atoms with Crippen molar-refractivity contribution in [2.45, 2.75) is 24.5 Å². The molecule has 3 atom stereocenters. The summed E-state index contributed by atoms with van der Waals surface area (Å²) >= 11 is 0. The third kappa shape index (κ3) is 2.56. The van der Waals surface area contributed by atoms with Crippen LogP contribution in [0.25, 0.3) is 0 Å². The Bertz CT molecular complexity index is 519. The molecular formula is C16H22FN3O. The van der Waals surface area contributed by atoms with Crippen LogP contribution in [-0.4, -0.2) is 66.9 Å². The summed E-state index contributed by atoms with van der Waals surface area (Å²) < 4.78 is 13.1. The molecule has 0 saturated carbocycles. The quantitative estimate of drug-likeness (QED) is 0.841. The van der Waals surface area contributed by atoms with Gasteiger partial charge in [0.05, 0.1) is 0 Å². The van der Waals surface area contributed by atoms with E-state index in [4.69, 9.17) is 0 Å². The number of rotatable bonds is 3. The first kappa shape index (κ1) is 14.5. The van der Waals surface area contributed by atoms with Crippen LogP contribution in [0.4, 0.5) is 4.39 Å². The summed E-state index contributed by atoms with van der Waals surface area (Å²) in [5, 5.41) is 0. The molecule has 0 radical (unpaired) electrons. The molecule has 1 aromatic carbocycles. The van der Waals surface area contributed by atoms with E-state index in [1.54, 1.807) is 12.1 Å². The molecule has 4 nitrogen and oxygen atoms in total.